The summed E-state index contributed by atoms with van der Waals surface area (Å²) in [5.41, 5.74) is 0.528. The average molecular weight is 225 g/mol. The van der Waals surface area contributed by atoms with E-state index in [1.807, 2.05) is 24.3 Å². The zero-order valence-corrected chi connectivity index (χ0v) is 9.80. The van der Waals surface area contributed by atoms with Crippen LogP contribution in [0.3, 0.4) is 0 Å². The Kier molecular flexibility index (Phi) is 3.03. The second-order valence-electron chi connectivity index (χ2n) is 4.67. The SMILES string of the molecule is CC1CCCC1(O)Cc1ccccc1Cl. The summed E-state index contributed by atoms with van der Waals surface area (Å²) in [4.78, 5) is 0. The third kappa shape index (κ3) is 2.19. The minimum atomic E-state index is -0.537. The van der Waals surface area contributed by atoms with Gasteiger partial charge in [0.05, 0.1) is 5.60 Å². The highest BCUT2D eigenvalue weighted by atomic mass is 35.5. The standard InChI is InChI=1S/C13H17ClO/c1-10-5-4-8-13(10,15)9-11-6-2-3-7-12(11)14/h2-3,6-7,10,15H,4-5,8-9H2,1H3. The monoisotopic (exact) mass is 224 g/mol. The number of benzene rings is 1. The van der Waals surface area contributed by atoms with E-state index in [2.05, 4.69) is 6.92 Å². The molecule has 1 aliphatic rings. The van der Waals surface area contributed by atoms with E-state index in [0.717, 1.165) is 29.8 Å². The molecule has 1 nitrogen and oxygen atoms in total. The molecule has 1 aromatic carbocycles. The molecule has 0 amide bonds. The molecule has 1 N–H and O–H groups in total. The Hall–Kier alpha value is -0.530. The Balaban J connectivity index is 2.18. The van der Waals surface area contributed by atoms with Crippen molar-refractivity contribution in [2.45, 2.75) is 38.2 Å². The first kappa shape index (κ1) is 11.0. The maximum absolute atomic E-state index is 10.5. The summed E-state index contributed by atoms with van der Waals surface area (Å²) in [6.45, 7) is 2.13. The molecule has 82 valence electrons. The Morgan fingerprint density at radius 3 is 2.80 bits per heavy atom. The summed E-state index contributed by atoms with van der Waals surface area (Å²) >= 11 is 6.10. The number of halogens is 1. The quantitative estimate of drug-likeness (QED) is 0.816. The first-order valence-corrected chi connectivity index (χ1v) is 5.95. The first-order chi connectivity index (χ1) is 7.12. The first-order valence-electron chi connectivity index (χ1n) is 5.57. The molecule has 0 aromatic heterocycles. The van der Waals surface area contributed by atoms with E-state index in [1.165, 1.54) is 0 Å². The van der Waals surface area contributed by atoms with E-state index in [9.17, 15) is 5.11 Å². The third-order valence-corrected chi connectivity index (χ3v) is 3.99. The molecule has 2 rings (SSSR count). The molecular formula is C13H17ClO. The zero-order chi connectivity index (χ0) is 10.9. The molecule has 2 unspecified atom stereocenters. The zero-order valence-electron chi connectivity index (χ0n) is 9.04. The van der Waals surface area contributed by atoms with Gasteiger partial charge in [-0.15, -0.1) is 0 Å². The second-order valence-corrected chi connectivity index (χ2v) is 5.07. The molecule has 0 aliphatic heterocycles. The van der Waals surface area contributed by atoms with Crippen molar-refractivity contribution in [2.24, 2.45) is 5.92 Å². The summed E-state index contributed by atoms with van der Waals surface area (Å²) in [7, 11) is 0. The van der Waals surface area contributed by atoms with Gasteiger partial charge in [0, 0.05) is 11.4 Å². The van der Waals surface area contributed by atoms with Crippen molar-refractivity contribution in [2.75, 3.05) is 0 Å². The van der Waals surface area contributed by atoms with Crippen LogP contribution < -0.4 is 0 Å². The fourth-order valence-corrected chi connectivity index (χ4v) is 2.67. The van der Waals surface area contributed by atoms with Gasteiger partial charge in [-0.3, -0.25) is 0 Å². The van der Waals surface area contributed by atoms with Crippen LogP contribution >= 0.6 is 11.6 Å². The summed E-state index contributed by atoms with van der Waals surface area (Å²) in [5, 5.41) is 11.2. The molecule has 1 aromatic rings. The largest absolute Gasteiger partial charge is 0.389 e. The van der Waals surface area contributed by atoms with Crippen molar-refractivity contribution in [3.8, 4) is 0 Å². The Bertz CT molecular complexity index is 350. The maximum atomic E-state index is 10.5. The van der Waals surface area contributed by atoms with Crippen molar-refractivity contribution < 1.29 is 5.11 Å². The van der Waals surface area contributed by atoms with E-state index in [4.69, 9.17) is 11.6 Å². The lowest BCUT2D eigenvalue weighted by molar-refractivity contribution is 0.00961. The molecule has 15 heavy (non-hydrogen) atoms. The Morgan fingerprint density at radius 2 is 2.20 bits per heavy atom. The minimum Gasteiger partial charge on any atom is -0.389 e. The highest BCUT2D eigenvalue weighted by Crippen LogP contribution is 2.38. The van der Waals surface area contributed by atoms with E-state index in [0.29, 0.717) is 12.3 Å². The van der Waals surface area contributed by atoms with Gasteiger partial charge in [0.25, 0.3) is 0 Å². The summed E-state index contributed by atoms with van der Waals surface area (Å²) in [6, 6.07) is 7.79. The van der Waals surface area contributed by atoms with E-state index >= 15 is 0 Å². The highest BCUT2D eigenvalue weighted by molar-refractivity contribution is 6.31. The molecule has 0 bridgehead atoms. The van der Waals surface area contributed by atoms with Gasteiger partial charge < -0.3 is 5.11 Å². The van der Waals surface area contributed by atoms with Crippen LogP contribution in [0.5, 0.6) is 0 Å². The normalized spacial score (nSPS) is 30.7. The van der Waals surface area contributed by atoms with Gasteiger partial charge in [-0.1, -0.05) is 43.1 Å². The third-order valence-electron chi connectivity index (χ3n) is 3.62. The molecule has 2 atom stereocenters. The van der Waals surface area contributed by atoms with Gasteiger partial charge in [0.1, 0.15) is 0 Å². The molecule has 1 fully saturated rings. The molecule has 2 heteroatoms. The number of rotatable bonds is 2. The second kappa shape index (κ2) is 4.15. The van der Waals surface area contributed by atoms with Crippen molar-refractivity contribution in [3.05, 3.63) is 34.9 Å². The van der Waals surface area contributed by atoms with Gasteiger partial charge in [0.2, 0.25) is 0 Å². The lowest BCUT2D eigenvalue weighted by Crippen LogP contribution is -2.34. The van der Waals surface area contributed by atoms with Crippen LogP contribution in [0.4, 0.5) is 0 Å². The van der Waals surface area contributed by atoms with Gasteiger partial charge in [0.15, 0.2) is 0 Å². The smallest absolute Gasteiger partial charge is 0.0713 e. The van der Waals surface area contributed by atoms with Crippen LogP contribution in [-0.4, -0.2) is 10.7 Å². The fourth-order valence-electron chi connectivity index (χ4n) is 2.46. The summed E-state index contributed by atoms with van der Waals surface area (Å²) < 4.78 is 0. The lowest BCUT2D eigenvalue weighted by Gasteiger charge is -2.28. The highest BCUT2D eigenvalue weighted by Gasteiger charge is 2.38. The fraction of sp³-hybridized carbons (Fsp3) is 0.538. The van der Waals surface area contributed by atoms with Crippen LogP contribution in [0.1, 0.15) is 31.7 Å². The van der Waals surface area contributed by atoms with Crippen molar-refractivity contribution in [3.63, 3.8) is 0 Å². The van der Waals surface area contributed by atoms with Crippen molar-refractivity contribution >= 4 is 11.6 Å². The summed E-state index contributed by atoms with van der Waals surface area (Å²) in [6.07, 6.45) is 3.84. The summed E-state index contributed by atoms with van der Waals surface area (Å²) in [5.74, 6) is 0.383. The van der Waals surface area contributed by atoms with Crippen molar-refractivity contribution in [1.29, 1.82) is 0 Å². The van der Waals surface area contributed by atoms with Crippen LogP contribution in [-0.2, 0) is 6.42 Å². The van der Waals surface area contributed by atoms with E-state index in [-0.39, 0.29) is 0 Å². The van der Waals surface area contributed by atoms with Gasteiger partial charge in [-0.2, -0.15) is 0 Å². The predicted octanol–water partition coefficient (Wildman–Crippen LogP) is 3.43. The number of hydrogen-bond donors (Lipinski definition) is 1. The molecular weight excluding hydrogens is 208 g/mol. The topological polar surface area (TPSA) is 20.2 Å². The Labute approximate surface area is 96.1 Å². The Morgan fingerprint density at radius 1 is 1.47 bits per heavy atom. The van der Waals surface area contributed by atoms with Crippen LogP contribution in [0.15, 0.2) is 24.3 Å². The van der Waals surface area contributed by atoms with Gasteiger partial charge in [-0.05, 0) is 30.4 Å². The minimum absolute atomic E-state index is 0.383. The molecule has 1 saturated carbocycles. The lowest BCUT2D eigenvalue weighted by atomic mass is 9.86. The predicted molar refractivity (Wildman–Crippen MR) is 63.1 cm³/mol. The molecule has 0 radical (unpaired) electrons. The average Bonchev–Trinajstić information content (AvgIpc) is 2.51. The van der Waals surface area contributed by atoms with E-state index < -0.39 is 5.60 Å². The molecule has 0 heterocycles. The van der Waals surface area contributed by atoms with Gasteiger partial charge >= 0.3 is 0 Å². The van der Waals surface area contributed by atoms with Gasteiger partial charge in [-0.25, -0.2) is 0 Å². The number of aliphatic hydroxyl groups is 1. The van der Waals surface area contributed by atoms with Crippen LogP contribution in [0.25, 0.3) is 0 Å². The van der Waals surface area contributed by atoms with E-state index in [1.54, 1.807) is 0 Å². The van der Waals surface area contributed by atoms with Crippen molar-refractivity contribution in [1.82, 2.24) is 0 Å². The number of hydrogen-bond acceptors (Lipinski definition) is 1. The van der Waals surface area contributed by atoms with Crippen LogP contribution in [0.2, 0.25) is 5.02 Å². The van der Waals surface area contributed by atoms with Crippen LogP contribution in [0, 0.1) is 5.92 Å². The maximum Gasteiger partial charge on any atom is 0.0713 e. The molecule has 0 spiro atoms. The molecule has 0 saturated heterocycles. The molecule has 1 aliphatic carbocycles.